The molecule has 0 spiro atoms. The third-order valence-corrected chi connectivity index (χ3v) is 4.60. The van der Waals surface area contributed by atoms with Crippen LogP contribution in [-0.4, -0.2) is 30.3 Å². The van der Waals surface area contributed by atoms with Gasteiger partial charge in [0.2, 0.25) is 11.8 Å². The molecule has 20 heavy (non-hydrogen) atoms. The maximum Gasteiger partial charge on any atom is 0.233 e. The third kappa shape index (κ3) is 2.14. The number of hydrogen-bond donors (Lipinski definition) is 1. The largest absolute Gasteiger partial charge is 0.312 e. The number of amides is 2. The van der Waals surface area contributed by atoms with E-state index in [4.69, 9.17) is 0 Å². The molecule has 1 aliphatic heterocycles. The second-order valence-electron chi connectivity index (χ2n) is 5.68. The molecule has 1 saturated carbocycles. The second kappa shape index (κ2) is 5.37. The topological polar surface area (TPSA) is 49.4 Å². The minimum absolute atomic E-state index is 0.00271. The minimum atomic E-state index is -0.0456. The molecule has 106 valence electrons. The molecular formula is C16H20N2O2. The van der Waals surface area contributed by atoms with Crippen LogP contribution in [-0.2, 0) is 9.59 Å². The first-order valence-corrected chi connectivity index (χ1v) is 7.30. The van der Waals surface area contributed by atoms with E-state index in [9.17, 15) is 9.59 Å². The molecule has 0 bridgehead atoms. The lowest BCUT2D eigenvalue weighted by molar-refractivity contribution is -0.140. The number of carbonyl (C=O) groups is 2. The van der Waals surface area contributed by atoms with Crippen LogP contribution in [0.4, 0.5) is 0 Å². The van der Waals surface area contributed by atoms with Crippen LogP contribution in [0.2, 0.25) is 0 Å². The zero-order chi connectivity index (χ0) is 14.1. The van der Waals surface area contributed by atoms with E-state index in [1.165, 1.54) is 4.90 Å². The average molecular weight is 272 g/mol. The number of benzene rings is 1. The number of fused-ring (bicyclic) bond motifs is 1. The molecule has 1 aromatic carbocycles. The Hall–Kier alpha value is -1.68. The molecule has 1 aliphatic carbocycles. The van der Waals surface area contributed by atoms with Crippen molar-refractivity contribution in [2.24, 2.45) is 11.8 Å². The summed E-state index contributed by atoms with van der Waals surface area (Å²) in [5.41, 5.74) is 1.10. The summed E-state index contributed by atoms with van der Waals surface area (Å²) >= 11 is 0. The first kappa shape index (κ1) is 13.3. The van der Waals surface area contributed by atoms with E-state index >= 15 is 0 Å². The van der Waals surface area contributed by atoms with E-state index in [2.05, 4.69) is 5.32 Å². The van der Waals surface area contributed by atoms with Crippen LogP contribution in [0.3, 0.4) is 0 Å². The molecule has 1 N–H and O–H groups in total. The molecule has 1 heterocycles. The van der Waals surface area contributed by atoms with Gasteiger partial charge in [-0.25, -0.2) is 0 Å². The van der Waals surface area contributed by atoms with Gasteiger partial charge in [0.1, 0.15) is 0 Å². The highest BCUT2D eigenvalue weighted by atomic mass is 16.2. The summed E-state index contributed by atoms with van der Waals surface area (Å²) in [7, 11) is 1.86. The molecular weight excluding hydrogens is 252 g/mol. The van der Waals surface area contributed by atoms with Crippen molar-refractivity contribution in [2.45, 2.75) is 25.3 Å². The molecule has 2 amide bonds. The van der Waals surface area contributed by atoms with Gasteiger partial charge in [-0.15, -0.1) is 0 Å². The van der Waals surface area contributed by atoms with Gasteiger partial charge in [-0.05, 0) is 25.5 Å². The van der Waals surface area contributed by atoms with E-state index < -0.39 is 0 Å². The maximum absolute atomic E-state index is 12.4. The number of carbonyl (C=O) groups excluding carboxylic acids is 2. The highest BCUT2D eigenvalue weighted by molar-refractivity contribution is 6.05. The molecule has 1 aromatic rings. The van der Waals surface area contributed by atoms with E-state index in [0.717, 1.165) is 24.8 Å². The lowest BCUT2D eigenvalue weighted by atomic mass is 10.00. The number of likely N-dealkylation sites (N-methyl/N-ethyl adjacent to an activating group) is 1. The van der Waals surface area contributed by atoms with Crippen LogP contribution in [0.1, 0.15) is 30.9 Å². The van der Waals surface area contributed by atoms with Gasteiger partial charge in [0.15, 0.2) is 0 Å². The molecule has 2 fully saturated rings. The fourth-order valence-corrected chi connectivity index (χ4v) is 3.47. The summed E-state index contributed by atoms with van der Waals surface area (Å²) in [6, 6.07) is 9.96. The van der Waals surface area contributed by atoms with Gasteiger partial charge in [-0.2, -0.15) is 0 Å². The monoisotopic (exact) mass is 272 g/mol. The lowest BCUT2D eigenvalue weighted by Crippen LogP contribution is -2.38. The van der Waals surface area contributed by atoms with Gasteiger partial charge in [0.25, 0.3) is 0 Å². The Bertz CT molecular complexity index is 492. The quantitative estimate of drug-likeness (QED) is 0.849. The van der Waals surface area contributed by atoms with Crippen LogP contribution in [0.15, 0.2) is 30.3 Å². The number of rotatable bonds is 4. The molecule has 3 rings (SSSR count). The summed E-state index contributed by atoms with van der Waals surface area (Å²) in [5.74, 6) is -0.0195. The smallest absolute Gasteiger partial charge is 0.233 e. The Morgan fingerprint density at radius 3 is 2.30 bits per heavy atom. The minimum Gasteiger partial charge on any atom is -0.312 e. The molecule has 4 heteroatoms. The number of nitrogens with one attached hydrogen (secondary N) is 1. The fraction of sp³-hybridized carbons (Fsp3) is 0.500. The van der Waals surface area contributed by atoms with E-state index in [1.807, 2.05) is 37.4 Å². The standard InChI is InChI=1S/C16H20N2O2/c1-17-14(11-6-3-2-4-7-11)10-18-15(19)12-8-5-9-13(12)16(18)20/h2-4,6-7,12-14,17H,5,8-10H2,1H3. The van der Waals surface area contributed by atoms with Crippen molar-refractivity contribution < 1.29 is 9.59 Å². The highest BCUT2D eigenvalue weighted by Crippen LogP contribution is 2.40. The van der Waals surface area contributed by atoms with Crippen LogP contribution < -0.4 is 5.32 Å². The summed E-state index contributed by atoms with van der Waals surface area (Å²) in [4.78, 5) is 26.2. The summed E-state index contributed by atoms with van der Waals surface area (Å²) in [6.07, 6.45) is 2.76. The van der Waals surface area contributed by atoms with E-state index in [0.29, 0.717) is 6.54 Å². The van der Waals surface area contributed by atoms with Gasteiger partial charge in [0.05, 0.1) is 17.9 Å². The lowest BCUT2D eigenvalue weighted by Gasteiger charge is -2.23. The Balaban J connectivity index is 1.77. The average Bonchev–Trinajstić information content (AvgIpc) is 3.04. The van der Waals surface area contributed by atoms with Crippen molar-refractivity contribution in [3.63, 3.8) is 0 Å². The van der Waals surface area contributed by atoms with Crippen molar-refractivity contribution in [2.75, 3.05) is 13.6 Å². The first-order valence-electron chi connectivity index (χ1n) is 7.30. The van der Waals surface area contributed by atoms with Gasteiger partial charge < -0.3 is 5.32 Å². The van der Waals surface area contributed by atoms with Gasteiger partial charge in [-0.1, -0.05) is 36.8 Å². The number of hydrogen-bond acceptors (Lipinski definition) is 3. The van der Waals surface area contributed by atoms with E-state index in [1.54, 1.807) is 0 Å². The summed E-state index contributed by atoms with van der Waals surface area (Å²) in [5, 5.41) is 3.21. The van der Waals surface area contributed by atoms with Gasteiger partial charge >= 0.3 is 0 Å². The summed E-state index contributed by atoms with van der Waals surface area (Å²) < 4.78 is 0. The third-order valence-electron chi connectivity index (χ3n) is 4.60. The van der Waals surface area contributed by atoms with Crippen molar-refractivity contribution in [3.8, 4) is 0 Å². The molecule has 0 aromatic heterocycles. The van der Waals surface area contributed by atoms with Crippen molar-refractivity contribution in [3.05, 3.63) is 35.9 Å². The second-order valence-corrected chi connectivity index (χ2v) is 5.68. The van der Waals surface area contributed by atoms with Crippen LogP contribution in [0.5, 0.6) is 0 Å². The van der Waals surface area contributed by atoms with Crippen LogP contribution in [0.25, 0.3) is 0 Å². The van der Waals surface area contributed by atoms with Crippen molar-refractivity contribution in [1.82, 2.24) is 10.2 Å². The van der Waals surface area contributed by atoms with Crippen LogP contribution in [0, 0.1) is 11.8 Å². The Morgan fingerprint density at radius 2 is 1.75 bits per heavy atom. The Kier molecular flexibility index (Phi) is 3.57. The zero-order valence-corrected chi connectivity index (χ0v) is 11.7. The molecule has 1 saturated heterocycles. The van der Waals surface area contributed by atoms with Gasteiger partial charge in [-0.3, -0.25) is 14.5 Å². The normalized spacial score (nSPS) is 26.9. The number of likely N-dealkylation sites (tertiary alicyclic amines) is 1. The fourth-order valence-electron chi connectivity index (χ4n) is 3.47. The molecule has 2 aliphatic rings. The predicted molar refractivity (Wildman–Crippen MR) is 75.8 cm³/mol. The first-order chi connectivity index (χ1) is 9.72. The zero-order valence-electron chi connectivity index (χ0n) is 11.7. The van der Waals surface area contributed by atoms with Crippen molar-refractivity contribution in [1.29, 1.82) is 0 Å². The molecule has 3 unspecified atom stereocenters. The summed E-state index contributed by atoms with van der Waals surface area (Å²) in [6.45, 7) is 0.436. The Labute approximate surface area is 119 Å². The SMILES string of the molecule is CNC(CN1C(=O)C2CCCC2C1=O)c1ccccc1. The van der Waals surface area contributed by atoms with Gasteiger partial charge in [0, 0.05) is 6.54 Å². The molecule has 4 nitrogen and oxygen atoms in total. The van der Waals surface area contributed by atoms with Crippen LogP contribution >= 0.6 is 0 Å². The highest BCUT2D eigenvalue weighted by Gasteiger charge is 2.49. The number of nitrogens with zero attached hydrogens (tertiary/aromatic N) is 1. The maximum atomic E-state index is 12.4. The van der Waals surface area contributed by atoms with Crippen molar-refractivity contribution >= 4 is 11.8 Å². The molecule has 0 radical (unpaired) electrons. The predicted octanol–water partition coefficient (Wildman–Crippen LogP) is 1.73. The number of imide groups is 1. The molecule has 3 atom stereocenters. The Morgan fingerprint density at radius 1 is 1.15 bits per heavy atom. The van der Waals surface area contributed by atoms with E-state index in [-0.39, 0.29) is 29.7 Å².